The maximum atomic E-state index is 11.3. The van der Waals surface area contributed by atoms with Crippen LogP contribution < -0.4 is 5.32 Å². The van der Waals surface area contributed by atoms with Crippen molar-refractivity contribution < 1.29 is 9.90 Å². The lowest BCUT2D eigenvalue weighted by molar-refractivity contribution is 0.0924. The molecular formula is C9H12N2O2. The van der Waals surface area contributed by atoms with E-state index in [4.69, 9.17) is 5.11 Å². The third-order valence-electron chi connectivity index (χ3n) is 1.50. The highest BCUT2D eigenvalue weighted by molar-refractivity contribution is 5.93. The van der Waals surface area contributed by atoms with E-state index in [1.807, 2.05) is 0 Å². The molecule has 1 rings (SSSR count). The summed E-state index contributed by atoms with van der Waals surface area (Å²) >= 11 is 0. The maximum absolute atomic E-state index is 11.3. The van der Waals surface area contributed by atoms with E-state index in [-0.39, 0.29) is 12.5 Å². The quantitative estimate of drug-likeness (QED) is 0.698. The summed E-state index contributed by atoms with van der Waals surface area (Å²) in [7, 11) is 0. The van der Waals surface area contributed by atoms with E-state index >= 15 is 0 Å². The van der Waals surface area contributed by atoms with Gasteiger partial charge < -0.3 is 10.4 Å². The van der Waals surface area contributed by atoms with E-state index in [2.05, 4.69) is 10.3 Å². The van der Waals surface area contributed by atoms with Crippen molar-refractivity contribution in [1.82, 2.24) is 10.3 Å². The number of nitrogens with zero attached hydrogens (tertiary/aromatic N) is 1. The van der Waals surface area contributed by atoms with Gasteiger partial charge in [-0.05, 0) is 19.1 Å². The molecule has 1 unspecified atom stereocenters. The van der Waals surface area contributed by atoms with Crippen molar-refractivity contribution in [3.05, 3.63) is 30.1 Å². The van der Waals surface area contributed by atoms with Gasteiger partial charge in [-0.3, -0.25) is 9.78 Å². The largest absolute Gasteiger partial charge is 0.392 e. The van der Waals surface area contributed by atoms with Gasteiger partial charge in [-0.1, -0.05) is 0 Å². The summed E-state index contributed by atoms with van der Waals surface area (Å²) in [4.78, 5) is 15.1. The summed E-state index contributed by atoms with van der Waals surface area (Å²) in [5.74, 6) is -0.191. The number of aliphatic hydroxyl groups excluding tert-OH is 1. The van der Waals surface area contributed by atoms with Crippen molar-refractivity contribution in [1.29, 1.82) is 0 Å². The zero-order valence-electron chi connectivity index (χ0n) is 7.40. The first-order valence-corrected chi connectivity index (χ1v) is 4.06. The van der Waals surface area contributed by atoms with E-state index in [0.717, 1.165) is 0 Å². The SMILES string of the molecule is CC(O)CNC(=O)c1ccncc1. The Morgan fingerprint density at radius 2 is 2.23 bits per heavy atom. The van der Waals surface area contributed by atoms with Crippen molar-refractivity contribution in [2.75, 3.05) is 6.54 Å². The highest BCUT2D eigenvalue weighted by atomic mass is 16.3. The summed E-state index contributed by atoms with van der Waals surface area (Å²) in [5.41, 5.74) is 0.552. The lowest BCUT2D eigenvalue weighted by Gasteiger charge is -2.06. The zero-order chi connectivity index (χ0) is 9.68. The fourth-order valence-corrected chi connectivity index (χ4v) is 0.846. The Bertz CT molecular complexity index is 272. The summed E-state index contributed by atoms with van der Waals surface area (Å²) in [6, 6.07) is 3.24. The second-order valence-corrected chi connectivity index (χ2v) is 2.79. The predicted octanol–water partition coefficient (Wildman–Crippen LogP) is 0.192. The van der Waals surface area contributed by atoms with Gasteiger partial charge in [-0.2, -0.15) is 0 Å². The molecule has 1 aromatic rings. The Hall–Kier alpha value is -1.42. The molecule has 1 atom stereocenters. The lowest BCUT2D eigenvalue weighted by atomic mass is 10.2. The Labute approximate surface area is 76.6 Å². The van der Waals surface area contributed by atoms with Gasteiger partial charge in [0.2, 0.25) is 0 Å². The molecule has 0 aliphatic rings. The third kappa shape index (κ3) is 3.21. The fraction of sp³-hybridized carbons (Fsp3) is 0.333. The summed E-state index contributed by atoms with van der Waals surface area (Å²) < 4.78 is 0. The van der Waals surface area contributed by atoms with Crippen LogP contribution in [-0.2, 0) is 0 Å². The fourth-order valence-electron chi connectivity index (χ4n) is 0.846. The van der Waals surface area contributed by atoms with Crippen molar-refractivity contribution in [2.45, 2.75) is 13.0 Å². The minimum atomic E-state index is -0.522. The molecule has 4 nitrogen and oxygen atoms in total. The van der Waals surface area contributed by atoms with Crippen molar-refractivity contribution in [3.63, 3.8) is 0 Å². The monoisotopic (exact) mass is 180 g/mol. The van der Waals surface area contributed by atoms with Crippen molar-refractivity contribution in [2.24, 2.45) is 0 Å². The minimum absolute atomic E-state index is 0.191. The Kier molecular flexibility index (Phi) is 3.40. The summed E-state index contributed by atoms with van der Waals surface area (Å²) in [6.45, 7) is 1.88. The molecule has 0 fully saturated rings. The van der Waals surface area contributed by atoms with Gasteiger partial charge in [-0.25, -0.2) is 0 Å². The van der Waals surface area contributed by atoms with Crippen LogP contribution in [0, 0.1) is 0 Å². The van der Waals surface area contributed by atoms with E-state index < -0.39 is 6.10 Å². The minimum Gasteiger partial charge on any atom is -0.392 e. The van der Waals surface area contributed by atoms with E-state index in [9.17, 15) is 4.79 Å². The molecule has 1 aromatic heterocycles. The second-order valence-electron chi connectivity index (χ2n) is 2.79. The molecule has 0 aromatic carbocycles. The normalized spacial score (nSPS) is 12.2. The number of amides is 1. The lowest BCUT2D eigenvalue weighted by Crippen LogP contribution is -2.30. The number of aromatic nitrogens is 1. The van der Waals surface area contributed by atoms with Crippen LogP contribution >= 0.6 is 0 Å². The van der Waals surface area contributed by atoms with Crippen LogP contribution in [0.5, 0.6) is 0 Å². The Morgan fingerprint density at radius 1 is 1.62 bits per heavy atom. The van der Waals surface area contributed by atoms with Crippen LogP contribution in [0.2, 0.25) is 0 Å². The average molecular weight is 180 g/mol. The van der Waals surface area contributed by atoms with Crippen LogP contribution in [0.1, 0.15) is 17.3 Å². The molecule has 0 aliphatic heterocycles. The van der Waals surface area contributed by atoms with Gasteiger partial charge in [0.1, 0.15) is 0 Å². The molecule has 0 radical (unpaired) electrons. The van der Waals surface area contributed by atoms with E-state index in [0.29, 0.717) is 5.56 Å². The molecular weight excluding hydrogens is 168 g/mol. The standard InChI is InChI=1S/C9H12N2O2/c1-7(12)6-11-9(13)8-2-4-10-5-3-8/h2-5,7,12H,6H2,1H3,(H,11,13). The van der Waals surface area contributed by atoms with Crippen LogP contribution in [0.3, 0.4) is 0 Å². The smallest absolute Gasteiger partial charge is 0.251 e. The Balaban J connectivity index is 2.50. The molecule has 0 saturated carbocycles. The second kappa shape index (κ2) is 4.57. The first-order valence-electron chi connectivity index (χ1n) is 4.06. The van der Waals surface area contributed by atoms with Gasteiger partial charge in [0.25, 0.3) is 5.91 Å². The molecule has 0 spiro atoms. The Morgan fingerprint density at radius 3 is 2.77 bits per heavy atom. The molecule has 70 valence electrons. The number of aliphatic hydroxyl groups is 1. The van der Waals surface area contributed by atoms with E-state index in [1.165, 1.54) is 0 Å². The van der Waals surface area contributed by atoms with Crippen LogP contribution in [0.4, 0.5) is 0 Å². The maximum Gasteiger partial charge on any atom is 0.251 e. The van der Waals surface area contributed by atoms with Gasteiger partial charge in [0, 0.05) is 24.5 Å². The van der Waals surface area contributed by atoms with Crippen LogP contribution in [0.25, 0.3) is 0 Å². The summed E-state index contributed by atoms with van der Waals surface area (Å²) in [6.07, 6.45) is 2.58. The highest BCUT2D eigenvalue weighted by Gasteiger charge is 2.04. The number of rotatable bonds is 3. The van der Waals surface area contributed by atoms with Crippen LogP contribution in [0.15, 0.2) is 24.5 Å². The molecule has 4 heteroatoms. The molecule has 0 aliphatic carbocycles. The molecule has 1 amide bonds. The first kappa shape index (κ1) is 9.67. The van der Waals surface area contributed by atoms with Gasteiger partial charge in [0.05, 0.1) is 6.10 Å². The number of carbonyl (C=O) groups excluding carboxylic acids is 1. The highest BCUT2D eigenvalue weighted by Crippen LogP contribution is 1.95. The van der Waals surface area contributed by atoms with Crippen molar-refractivity contribution >= 4 is 5.91 Å². The average Bonchev–Trinajstić information content (AvgIpc) is 2.15. The van der Waals surface area contributed by atoms with Gasteiger partial charge in [0.15, 0.2) is 0 Å². The third-order valence-corrected chi connectivity index (χ3v) is 1.50. The first-order chi connectivity index (χ1) is 6.20. The van der Waals surface area contributed by atoms with Crippen molar-refractivity contribution in [3.8, 4) is 0 Å². The topological polar surface area (TPSA) is 62.2 Å². The van der Waals surface area contributed by atoms with E-state index in [1.54, 1.807) is 31.5 Å². The summed E-state index contributed by atoms with van der Waals surface area (Å²) in [5, 5.41) is 11.5. The number of hydrogen-bond acceptors (Lipinski definition) is 3. The number of carbonyl (C=O) groups is 1. The molecule has 2 N–H and O–H groups in total. The zero-order valence-corrected chi connectivity index (χ0v) is 7.40. The molecule has 0 saturated heterocycles. The van der Waals surface area contributed by atoms with Gasteiger partial charge >= 0.3 is 0 Å². The molecule has 1 heterocycles. The molecule has 13 heavy (non-hydrogen) atoms. The predicted molar refractivity (Wildman–Crippen MR) is 48.3 cm³/mol. The molecule has 0 bridgehead atoms. The number of nitrogens with one attached hydrogen (secondary N) is 1. The van der Waals surface area contributed by atoms with Gasteiger partial charge in [-0.15, -0.1) is 0 Å². The van der Waals surface area contributed by atoms with Crippen LogP contribution in [-0.4, -0.2) is 28.6 Å². The number of pyridine rings is 1. The number of hydrogen-bond donors (Lipinski definition) is 2.